The molecule has 0 aliphatic heterocycles. The Bertz CT molecular complexity index is 701. The smallest absolute Gasteiger partial charge is 0.279 e. The number of aryl methyl sites for hydroxylation is 1. The summed E-state index contributed by atoms with van der Waals surface area (Å²) in [7, 11) is 0. The third kappa shape index (κ3) is 5.00. The van der Waals surface area contributed by atoms with Crippen LogP contribution in [0.2, 0.25) is 5.02 Å². The molecule has 0 radical (unpaired) electrons. The second-order valence-corrected chi connectivity index (χ2v) is 5.46. The molecule has 6 heteroatoms. The van der Waals surface area contributed by atoms with E-state index in [1.54, 1.807) is 37.3 Å². The van der Waals surface area contributed by atoms with Gasteiger partial charge in [0.15, 0.2) is 6.10 Å². The number of hydrogen-bond donors (Lipinski definition) is 2. The first kappa shape index (κ1) is 16.8. The van der Waals surface area contributed by atoms with E-state index < -0.39 is 17.9 Å². The second-order valence-electron chi connectivity index (χ2n) is 5.03. The molecule has 0 saturated carbocycles. The maximum atomic E-state index is 12.0. The predicted octanol–water partition coefficient (Wildman–Crippen LogP) is 2.88. The van der Waals surface area contributed by atoms with Crippen molar-refractivity contribution in [2.24, 2.45) is 0 Å². The SMILES string of the molecule is Cc1cccc(OC(C)C(=O)NNC(=O)c2ccc(Cl)cc2)c1. The fourth-order valence-corrected chi connectivity index (χ4v) is 1.97. The average Bonchev–Trinajstić information content (AvgIpc) is 2.53. The van der Waals surface area contributed by atoms with E-state index in [4.69, 9.17) is 16.3 Å². The number of benzene rings is 2. The van der Waals surface area contributed by atoms with Crippen molar-refractivity contribution in [1.82, 2.24) is 10.9 Å². The highest BCUT2D eigenvalue weighted by atomic mass is 35.5. The highest BCUT2D eigenvalue weighted by Gasteiger charge is 2.15. The standard InChI is InChI=1S/C17H17ClN2O3/c1-11-4-3-5-15(10-11)23-12(2)16(21)19-20-17(22)13-6-8-14(18)9-7-13/h3-10,12H,1-2H3,(H,19,21)(H,20,22). The van der Waals surface area contributed by atoms with Crippen LogP contribution in [-0.2, 0) is 4.79 Å². The minimum absolute atomic E-state index is 0.391. The van der Waals surface area contributed by atoms with E-state index >= 15 is 0 Å². The van der Waals surface area contributed by atoms with Crippen molar-refractivity contribution < 1.29 is 14.3 Å². The van der Waals surface area contributed by atoms with Crippen LogP contribution in [0.1, 0.15) is 22.8 Å². The van der Waals surface area contributed by atoms with Gasteiger partial charge in [0, 0.05) is 10.6 Å². The first-order chi connectivity index (χ1) is 11.0. The van der Waals surface area contributed by atoms with Crippen molar-refractivity contribution in [2.75, 3.05) is 0 Å². The molecule has 0 bridgehead atoms. The minimum atomic E-state index is -0.748. The monoisotopic (exact) mass is 332 g/mol. The summed E-state index contributed by atoms with van der Waals surface area (Å²) in [6.07, 6.45) is -0.748. The predicted molar refractivity (Wildman–Crippen MR) is 88.3 cm³/mol. The molecule has 23 heavy (non-hydrogen) atoms. The Morgan fingerprint density at radius 3 is 2.43 bits per heavy atom. The lowest BCUT2D eigenvalue weighted by atomic mass is 10.2. The van der Waals surface area contributed by atoms with Crippen molar-refractivity contribution >= 4 is 23.4 Å². The number of nitrogens with one attached hydrogen (secondary N) is 2. The molecule has 0 spiro atoms. The number of halogens is 1. The second kappa shape index (κ2) is 7.65. The van der Waals surface area contributed by atoms with Gasteiger partial charge in [-0.3, -0.25) is 20.4 Å². The zero-order chi connectivity index (χ0) is 16.8. The van der Waals surface area contributed by atoms with Crippen LogP contribution in [0.15, 0.2) is 48.5 Å². The van der Waals surface area contributed by atoms with E-state index in [-0.39, 0.29) is 0 Å². The van der Waals surface area contributed by atoms with E-state index in [1.165, 1.54) is 0 Å². The Hall–Kier alpha value is -2.53. The summed E-state index contributed by atoms with van der Waals surface area (Å²) in [6, 6.07) is 13.7. The van der Waals surface area contributed by atoms with E-state index in [0.717, 1.165) is 5.56 Å². The van der Waals surface area contributed by atoms with Crippen molar-refractivity contribution in [3.05, 3.63) is 64.7 Å². The Kier molecular flexibility index (Phi) is 5.60. The molecular formula is C17H17ClN2O3. The lowest BCUT2D eigenvalue weighted by Gasteiger charge is -2.15. The van der Waals surface area contributed by atoms with Crippen molar-refractivity contribution in [3.8, 4) is 5.75 Å². The fraction of sp³-hybridized carbons (Fsp3) is 0.176. The van der Waals surface area contributed by atoms with Crippen LogP contribution >= 0.6 is 11.6 Å². The molecule has 0 aromatic heterocycles. The van der Waals surface area contributed by atoms with E-state index in [1.807, 2.05) is 25.1 Å². The summed E-state index contributed by atoms with van der Waals surface area (Å²) in [5, 5.41) is 0.533. The summed E-state index contributed by atoms with van der Waals surface area (Å²) in [5.41, 5.74) is 6.09. The maximum Gasteiger partial charge on any atom is 0.279 e. The molecule has 2 aromatic rings. The number of amides is 2. The maximum absolute atomic E-state index is 12.0. The van der Waals surface area contributed by atoms with Crippen molar-refractivity contribution in [3.63, 3.8) is 0 Å². The Balaban J connectivity index is 1.86. The molecule has 0 saturated heterocycles. The average molecular weight is 333 g/mol. The summed E-state index contributed by atoms with van der Waals surface area (Å²) < 4.78 is 5.53. The highest BCUT2D eigenvalue weighted by molar-refractivity contribution is 6.30. The Morgan fingerprint density at radius 1 is 1.09 bits per heavy atom. The first-order valence-corrected chi connectivity index (χ1v) is 7.42. The molecule has 0 aliphatic rings. The third-order valence-electron chi connectivity index (χ3n) is 3.08. The van der Waals surface area contributed by atoms with Crippen molar-refractivity contribution in [1.29, 1.82) is 0 Å². The van der Waals surface area contributed by atoms with Crippen LogP contribution in [0.4, 0.5) is 0 Å². The van der Waals surface area contributed by atoms with E-state index in [2.05, 4.69) is 10.9 Å². The van der Waals surface area contributed by atoms with Gasteiger partial charge in [0.1, 0.15) is 5.75 Å². The molecule has 0 heterocycles. The quantitative estimate of drug-likeness (QED) is 0.846. The summed E-state index contributed by atoms with van der Waals surface area (Å²) in [6.45, 7) is 3.54. The molecule has 0 aliphatic carbocycles. The number of hydrogen-bond acceptors (Lipinski definition) is 3. The zero-order valence-corrected chi connectivity index (χ0v) is 13.6. The molecule has 0 fully saturated rings. The van der Waals surface area contributed by atoms with Gasteiger partial charge in [-0.2, -0.15) is 0 Å². The summed E-state index contributed by atoms with van der Waals surface area (Å²) in [4.78, 5) is 23.8. The van der Waals surface area contributed by atoms with Gasteiger partial charge in [0.25, 0.3) is 11.8 Å². The molecule has 5 nitrogen and oxygen atoms in total. The Labute approximate surface area is 139 Å². The van der Waals surface area contributed by atoms with Gasteiger partial charge in [0.05, 0.1) is 0 Å². The third-order valence-corrected chi connectivity index (χ3v) is 3.33. The largest absolute Gasteiger partial charge is 0.481 e. The van der Waals surface area contributed by atoms with Crippen LogP contribution < -0.4 is 15.6 Å². The molecule has 2 aromatic carbocycles. The number of hydrazine groups is 1. The molecule has 1 atom stereocenters. The molecule has 1 unspecified atom stereocenters. The number of rotatable bonds is 4. The van der Waals surface area contributed by atoms with Gasteiger partial charge in [0.2, 0.25) is 0 Å². The van der Waals surface area contributed by atoms with Crippen molar-refractivity contribution in [2.45, 2.75) is 20.0 Å². The molecular weight excluding hydrogens is 316 g/mol. The van der Waals surface area contributed by atoms with Crippen LogP contribution in [-0.4, -0.2) is 17.9 Å². The Morgan fingerprint density at radius 2 is 1.78 bits per heavy atom. The van der Waals surface area contributed by atoms with Gasteiger partial charge in [-0.15, -0.1) is 0 Å². The molecule has 120 valence electrons. The number of ether oxygens (including phenoxy) is 1. The van der Waals surface area contributed by atoms with Gasteiger partial charge < -0.3 is 4.74 Å². The topological polar surface area (TPSA) is 67.4 Å². The van der Waals surface area contributed by atoms with Crippen LogP contribution in [0.25, 0.3) is 0 Å². The normalized spacial score (nSPS) is 11.4. The number of carbonyl (C=O) groups excluding carboxylic acids is 2. The molecule has 2 amide bonds. The first-order valence-electron chi connectivity index (χ1n) is 7.05. The van der Waals surface area contributed by atoms with E-state index in [0.29, 0.717) is 16.3 Å². The molecule has 2 N–H and O–H groups in total. The van der Waals surface area contributed by atoms with Crippen LogP contribution in [0.3, 0.4) is 0 Å². The highest BCUT2D eigenvalue weighted by Crippen LogP contribution is 2.14. The van der Waals surface area contributed by atoms with Crippen LogP contribution in [0.5, 0.6) is 5.75 Å². The van der Waals surface area contributed by atoms with E-state index in [9.17, 15) is 9.59 Å². The van der Waals surface area contributed by atoms with Gasteiger partial charge >= 0.3 is 0 Å². The minimum Gasteiger partial charge on any atom is -0.481 e. The van der Waals surface area contributed by atoms with Gasteiger partial charge in [-0.05, 0) is 55.8 Å². The summed E-state index contributed by atoms with van der Waals surface area (Å²) in [5.74, 6) is -0.289. The number of carbonyl (C=O) groups is 2. The van der Waals surface area contributed by atoms with Gasteiger partial charge in [-0.1, -0.05) is 23.7 Å². The molecule has 2 rings (SSSR count). The lowest BCUT2D eigenvalue weighted by Crippen LogP contribution is -2.47. The zero-order valence-electron chi connectivity index (χ0n) is 12.8. The van der Waals surface area contributed by atoms with Crippen LogP contribution in [0, 0.1) is 6.92 Å². The summed E-state index contributed by atoms with van der Waals surface area (Å²) >= 11 is 5.76. The van der Waals surface area contributed by atoms with Gasteiger partial charge in [-0.25, -0.2) is 0 Å². The fourth-order valence-electron chi connectivity index (χ4n) is 1.84. The lowest BCUT2D eigenvalue weighted by molar-refractivity contribution is -0.128.